The van der Waals surface area contributed by atoms with Crippen LogP contribution in [-0.2, 0) is 0 Å². The number of benzene rings is 6. The highest BCUT2D eigenvalue weighted by Crippen LogP contribution is 2.39. The summed E-state index contributed by atoms with van der Waals surface area (Å²) in [6.07, 6.45) is 0. The van der Waals surface area contributed by atoms with E-state index in [1.54, 1.807) is 0 Å². The van der Waals surface area contributed by atoms with Crippen LogP contribution in [0.4, 0.5) is 5.69 Å². The summed E-state index contributed by atoms with van der Waals surface area (Å²) in [7, 11) is 0. The van der Waals surface area contributed by atoms with Crippen molar-refractivity contribution in [1.29, 1.82) is 0 Å². The Kier molecular flexibility index (Phi) is 6.52. The van der Waals surface area contributed by atoms with E-state index in [1.165, 1.54) is 0 Å². The maximum Gasteiger partial charge on any atom is 0.194 e. The van der Waals surface area contributed by atoms with Crippen LogP contribution in [0.5, 0.6) is 0 Å². The third-order valence-corrected chi connectivity index (χ3v) is 7.39. The van der Waals surface area contributed by atoms with Gasteiger partial charge >= 0.3 is 0 Å². The van der Waals surface area contributed by atoms with Crippen molar-refractivity contribution >= 4 is 16.5 Å². The van der Waals surface area contributed by atoms with Gasteiger partial charge in [-0.25, -0.2) is 19.8 Å². The van der Waals surface area contributed by atoms with Crippen LogP contribution in [0.15, 0.2) is 146 Å². The monoisotopic (exact) mass is 536 g/mol. The Morgan fingerprint density at radius 1 is 0.357 bits per heavy atom. The van der Waals surface area contributed by atoms with Crippen molar-refractivity contribution in [3.05, 3.63) is 157 Å². The molecule has 0 atom stereocenters. The summed E-state index contributed by atoms with van der Waals surface area (Å²) in [6, 6.07) is 48.9. The summed E-state index contributed by atoms with van der Waals surface area (Å²) in [5, 5.41) is 2.26. The number of aromatic nitrogens is 3. The molecule has 42 heavy (non-hydrogen) atoms. The smallest absolute Gasteiger partial charge is 0.194 e. The Labute approximate surface area is 244 Å². The molecule has 1 aromatic heterocycles. The van der Waals surface area contributed by atoms with Gasteiger partial charge in [-0.15, -0.1) is 0 Å². The Bertz CT molecular complexity index is 2020. The molecule has 0 aliphatic heterocycles. The third-order valence-electron chi connectivity index (χ3n) is 7.39. The predicted molar refractivity (Wildman–Crippen MR) is 171 cm³/mol. The van der Waals surface area contributed by atoms with Gasteiger partial charge in [0.1, 0.15) is 0 Å². The second-order valence-electron chi connectivity index (χ2n) is 9.95. The van der Waals surface area contributed by atoms with Crippen LogP contribution in [0.3, 0.4) is 0 Å². The van der Waals surface area contributed by atoms with Crippen molar-refractivity contribution in [2.75, 3.05) is 0 Å². The first-order valence-electron chi connectivity index (χ1n) is 13.7. The molecule has 0 radical (unpaired) electrons. The maximum atomic E-state index is 7.64. The topological polar surface area (TPSA) is 43.0 Å². The molecule has 0 bridgehead atoms. The quantitative estimate of drug-likeness (QED) is 0.206. The van der Waals surface area contributed by atoms with Gasteiger partial charge in [-0.3, -0.25) is 0 Å². The average molecular weight is 537 g/mol. The number of para-hydroxylation sites is 1. The van der Waals surface area contributed by atoms with Gasteiger partial charge in [0.15, 0.2) is 23.2 Å². The average Bonchev–Trinajstić information content (AvgIpc) is 3.08. The fourth-order valence-electron chi connectivity index (χ4n) is 5.32. The molecular formula is C38H24N4. The summed E-state index contributed by atoms with van der Waals surface area (Å²) in [5.41, 5.74) is 7.70. The Balaban J connectivity index is 1.31. The van der Waals surface area contributed by atoms with E-state index in [9.17, 15) is 0 Å². The second kappa shape index (κ2) is 10.9. The molecule has 4 heteroatoms. The van der Waals surface area contributed by atoms with E-state index in [-0.39, 0.29) is 0 Å². The Hall–Kier alpha value is -5.92. The second-order valence-corrected chi connectivity index (χ2v) is 9.95. The summed E-state index contributed by atoms with van der Waals surface area (Å²) in [6.45, 7) is 7.64. The number of fused-ring (bicyclic) bond motifs is 1. The van der Waals surface area contributed by atoms with E-state index >= 15 is 0 Å². The first-order chi connectivity index (χ1) is 20.8. The molecule has 1 heterocycles. The molecule has 0 spiro atoms. The number of rotatable bonds is 5. The van der Waals surface area contributed by atoms with E-state index in [2.05, 4.69) is 65.5 Å². The molecule has 196 valence electrons. The zero-order chi connectivity index (χ0) is 28.3. The molecule has 4 nitrogen and oxygen atoms in total. The van der Waals surface area contributed by atoms with Crippen LogP contribution >= 0.6 is 0 Å². The van der Waals surface area contributed by atoms with Gasteiger partial charge in [-0.1, -0.05) is 146 Å². The SMILES string of the molecule is [C-]#[N+]c1ccccc1-c1ccc(-c2ccc(-c3nc(-c4ccccc4)nc(-c4ccccc4)n3)cc2)c2ccccc12. The molecule has 0 saturated heterocycles. The van der Waals surface area contributed by atoms with E-state index in [0.29, 0.717) is 23.2 Å². The molecule has 6 aromatic carbocycles. The first-order valence-corrected chi connectivity index (χ1v) is 13.7. The standard InChI is InChI=1S/C38H24N4/c1-39-35-19-11-10-18-34(35)33-25-24-30(31-16-8-9-17-32(31)33)26-20-22-29(23-21-26)38-41-36(27-12-4-2-5-13-27)40-37(42-38)28-14-6-3-7-15-28/h2-25H. The lowest BCUT2D eigenvalue weighted by molar-refractivity contribution is 1.07. The highest BCUT2D eigenvalue weighted by molar-refractivity contribution is 6.06. The van der Waals surface area contributed by atoms with Crippen LogP contribution < -0.4 is 0 Å². The van der Waals surface area contributed by atoms with Crippen molar-refractivity contribution in [2.45, 2.75) is 0 Å². The van der Waals surface area contributed by atoms with Crippen molar-refractivity contribution in [1.82, 2.24) is 15.0 Å². The lowest BCUT2D eigenvalue weighted by atomic mass is 9.91. The van der Waals surface area contributed by atoms with Gasteiger partial charge in [-0.05, 0) is 33.0 Å². The van der Waals surface area contributed by atoms with E-state index in [0.717, 1.165) is 49.7 Å². The van der Waals surface area contributed by atoms with Crippen LogP contribution in [0.1, 0.15) is 0 Å². The minimum atomic E-state index is 0.630. The van der Waals surface area contributed by atoms with Gasteiger partial charge in [0.2, 0.25) is 0 Å². The number of hydrogen-bond acceptors (Lipinski definition) is 3. The summed E-state index contributed by atoms with van der Waals surface area (Å²) in [5.74, 6) is 1.92. The van der Waals surface area contributed by atoms with E-state index in [1.807, 2.05) is 84.9 Å². The highest BCUT2D eigenvalue weighted by atomic mass is 15.0. The largest absolute Gasteiger partial charge is 0.238 e. The van der Waals surface area contributed by atoms with Crippen molar-refractivity contribution in [3.8, 4) is 56.4 Å². The molecular weight excluding hydrogens is 512 g/mol. The molecule has 0 unspecified atom stereocenters. The summed E-state index contributed by atoms with van der Waals surface area (Å²) in [4.78, 5) is 18.3. The van der Waals surface area contributed by atoms with Crippen LogP contribution in [0.2, 0.25) is 0 Å². The Morgan fingerprint density at radius 3 is 1.36 bits per heavy atom. The fraction of sp³-hybridized carbons (Fsp3) is 0. The molecule has 0 fully saturated rings. The van der Waals surface area contributed by atoms with Crippen LogP contribution in [0, 0.1) is 6.57 Å². The van der Waals surface area contributed by atoms with Crippen molar-refractivity contribution < 1.29 is 0 Å². The summed E-state index contributed by atoms with van der Waals surface area (Å²) < 4.78 is 0. The van der Waals surface area contributed by atoms with E-state index < -0.39 is 0 Å². The molecule has 0 aliphatic carbocycles. The minimum absolute atomic E-state index is 0.630. The Morgan fingerprint density at radius 2 is 0.786 bits per heavy atom. The highest BCUT2D eigenvalue weighted by Gasteiger charge is 2.14. The van der Waals surface area contributed by atoms with Crippen LogP contribution in [0.25, 0.3) is 72.0 Å². The normalized spacial score (nSPS) is 10.8. The molecule has 0 amide bonds. The van der Waals surface area contributed by atoms with Crippen molar-refractivity contribution in [2.24, 2.45) is 0 Å². The van der Waals surface area contributed by atoms with Gasteiger partial charge in [-0.2, -0.15) is 0 Å². The van der Waals surface area contributed by atoms with E-state index in [4.69, 9.17) is 21.5 Å². The molecule has 0 aliphatic rings. The number of hydrogen-bond donors (Lipinski definition) is 0. The third kappa shape index (κ3) is 4.70. The van der Waals surface area contributed by atoms with Gasteiger partial charge in [0, 0.05) is 16.7 Å². The molecule has 7 aromatic rings. The van der Waals surface area contributed by atoms with Crippen LogP contribution in [-0.4, -0.2) is 15.0 Å². The minimum Gasteiger partial charge on any atom is -0.238 e. The maximum absolute atomic E-state index is 7.64. The van der Waals surface area contributed by atoms with Gasteiger partial charge in [0.25, 0.3) is 0 Å². The molecule has 0 N–H and O–H groups in total. The van der Waals surface area contributed by atoms with Gasteiger partial charge in [0.05, 0.1) is 6.57 Å². The molecule has 0 saturated carbocycles. The first kappa shape index (κ1) is 25.1. The fourth-order valence-corrected chi connectivity index (χ4v) is 5.32. The number of nitrogens with zero attached hydrogens (tertiary/aromatic N) is 4. The lowest BCUT2D eigenvalue weighted by Gasteiger charge is -2.13. The zero-order valence-corrected chi connectivity index (χ0v) is 22.6. The zero-order valence-electron chi connectivity index (χ0n) is 22.6. The predicted octanol–water partition coefficient (Wildman–Crippen LogP) is 9.91. The van der Waals surface area contributed by atoms with Gasteiger partial charge < -0.3 is 0 Å². The summed E-state index contributed by atoms with van der Waals surface area (Å²) >= 11 is 0. The lowest BCUT2D eigenvalue weighted by Crippen LogP contribution is -2.00. The molecule has 7 rings (SSSR count). The van der Waals surface area contributed by atoms with Crippen molar-refractivity contribution in [3.63, 3.8) is 0 Å².